The molecule has 0 heterocycles. The van der Waals surface area contributed by atoms with Crippen LogP contribution in [0, 0.1) is 17.2 Å². The molecule has 0 aliphatic rings. The van der Waals surface area contributed by atoms with Crippen LogP contribution in [0.4, 0.5) is 0 Å². The van der Waals surface area contributed by atoms with E-state index in [9.17, 15) is 5.11 Å². The molecule has 0 aliphatic carbocycles. The van der Waals surface area contributed by atoms with E-state index in [1.165, 1.54) is 0 Å². The fourth-order valence-corrected chi connectivity index (χ4v) is 1.49. The van der Waals surface area contributed by atoms with Gasteiger partial charge in [0.15, 0.2) is 0 Å². The molecule has 94 valence electrons. The first-order valence-electron chi connectivity index (χ1n) is 6.08. The van der Waals surface area contributed by atoms with Crippen LogP contribution in [0.15, 0.2) is 0 Å². The van der Waals surface area contributed by atoms with E-state index in [2.05, 4.69) is 30.1 Å². The maximum atomic E-state index is 9.78. The SMILES string of the molecule is CCN(CCC#N)CC(O)CNCC(C)C. The summed E-state index contributed by atoms with van der Waals surface area (Å²) in [5.41, 5.74) is 0. The molecule has 0 spiro atoms. The normalized spacial score (nSPS) is 13.1. The molecule has 0 bridgehead atoms. The maximum Gasteiger partial charge on any atom is 0.0791 e. The third-order valence-electron chi connectivity index (χ3n) is 2.39. The Labute approximate surface area is 99.3 Å². The third-order valence-corrected chi connectivity index (χ3v) is 2.39. The highest BCUT2D eigenvalue weighted by Crippen LogP contribution is 1.94. The molecule has 0 aromatic heterocycles. The number of hydrogen-bond acceptors (Lipinski definition) is 4. The van der Waals surface area contributed by atoms with Crippen molar-refractivity contribution in [2.75, 3.05) is 32.7 Å². The Morgan fingerprint density at radius 2 is 2.06 bits per heavy atom. The molecule has 0 saturated carbocycles. The van der Waals surface area contributed by atoms with E-state index in [0.717, 1.165) is 19.6 Å². The molecule has 0 saturated heterocycles. The lowest BCUT2D eigenvalue weighted by molar-refractivity contribution is 0.114. The highest BCUT2D eigenvalue weighted by Gasteiger charge is 2.09. The Morgan fingerprint density at radius 3 is 2.56 bits per heavy atom. The molecular weight excluding hydrogens is 202 g/mol. The monoisotopic (exact) mass is 227 g/mol. The lowest BCUT2D eigenvalue weighted by atomic mass is 10.2. The Hall–Kier alpha value is -0.630. The van der Waals surface area contributed by atoms with Gasteiger partial charge in [0, 0.05) is 26.1 Å². The number of likely N-dealkylation sites (N-methyl/N-ethyl adjacent to an activating group) is 1. The van der Waals surface area contributed by atoms with E-state index in [1.54, 1.807) is 0 Å². The van der Waals surface area contributed by atoms with Crippen LogP contribution in [-0.4, -0.2) is 48.8 Å². The Kier molecular flexibility index (Phi) is 9.21. The third kappa shape index (κ3) is 8.66. The van der Waals surface area contributed by atoms with Crippen molar-refractivity contribution in [1.29, 1.82) is 5.26 Å². The van der Waals surface area contributed by atoms with Crippen molar-refractivity contribution >= 4 is 0 Å². The van der Waals surface area contributed by atoms with Gasteiger partial charge in [-0.05, 0) is 19.0 Å². The molecule has 0 fully saturated rings. The minimum atomic E-state index is -0.350. The lowest BCUT2D eigenvalue weighted by Crippen LogP contribution is -2.39. The van der Waals surface area contributed by atoms with E-state index in [-0.39, 0.29) is 6.10 Å². The van der Waals surface area contributed by atoms with Gasteiger partial charge < -0.3 is 10.4 Å². The van der Waals surface area contributed by atoms with E-state index >= 15 is 0 Å². The van der Waals surface area contributed by atoms with Crippen molar-refractivity contribution in [2.45, 2.75) is 33.3 Å². The van der Waals surface area contributed by atoms with Crippen molar-refractivity contribution in [3.63, 3.8) is 0 Å². The molecule has 0 aromatic carbocycles. The number of nitrogens with one attached hydrogen (secondary N) is 1. The molecular formula is C12H25N3O. The highest BCUT2D eigenvalue weighted by molar-refractivity contribution is 4.74. The molecule has 2 N–H and O–H groups in total. The van der Waals surface area contributed by atoms with Crippen molar-refractivity contribution in [3.05, 3.63) is 0 Å². The molecule has 0 amide bonds. The van der Waals surface area contributed by atoms with Crippen molar-refractivity contribution in [1.82, 2.24) is 10.2 Å². The van der Waals surface area contributed by atoms with Crippen LogP contribution in [0.1, 0.15) is 27.2 Å². The first kappa shape index (κ1) is 15.4. The first-order valence-corrected chi connectivity index (χ1v) is 6.08. The summed E-state index contributed by atoms with van der Waals surface area (Å²) in [7, 11) is 0. The second-order valence-corrected chi connectivity index (χ2v) is 4.51. The van der Waals surface area contributed by atoms with Crippen molar-refractivity contribution in [2.24, 2.45) is 5.92 Å². The Bertz CT molecular complexity index is 201. The number of nitrogens with zero attached hydrogens (tertiary/aromatic N) is 2. The van der Waals surface area contributed by atoms with Gasteiger partial charge in [0.2, 0.25) is 0 Å². The topological polar surface area (TPSA) is 59.3 Å². The Balaban J connectivity index is 3.65. The second-order valence-electron chi connectivity index (χ2n) is 4.51. The van der Waals surface area contributed by atoms with Gasteiger partial charge in [-0.3, -0.25) is 4.90 Å². The quantitative estimate of drug-likeness (QED) is 0.612. The van der Waals surface area contributed by atoms with Crippen molar-refractivity contribution < 1.29 is 5.11 Å². The average Bonchev–Trinajstić information content (AvgIpc) is 2.23. The fraction of sp³-hybridized carbons (Fsp3) is 0.917. The second kappa shape index (κ2) is 9.59. The molecule has 16 heavy (non-hydrogen) atoms. The van der Waals surface area contributed by atoms with Crippen LogP contribution >= 0.6 is 0 Å². The van der Waals surface area contributed by atoms with Gasteiger partial charge in [0.1, 0.15) is 0 Å². The largest absolute Gasteiger partial charge is 0.390 e. The smallest absolute Gasteiger partial charge is 0.0791 e. The summed E-state index contributed by atoms with van der Waals surface area (Å²) in [4.78, 5) is 2.10. The van der Waals surface area contributed by atoms with Crippen LogP contribution in [0.5, 0.6) is 0 Å². The van der Waals surface area contributed by atoms with Gasteiger partial charge in [-0.2, -0.15) is 5.26 Å². The molecule has 4 nitrogen and oxygen atoms in total. The van der Waals surface area contributed by atoms with Gasteiger partial charge in [-0.1, -0.05) is 20.8 Å². The predicted octanol–water partition coefficient (Wildman–Crippen LogP) is 0.828. The van der Waals surface area contributed by atoms with E-state index in [0.29, 0.717) is 25.4 Å². The molecule has 1 unspecified atom stereocenters. The number of aliphatic hydroxyl groups is 1. The molecule has 0 rings (SSSR count). The summed E-state index contributed by atoms with van der Waals surface area (Å²) < 4.78 is 0. The molecule has 1 atom stereocenters. The van der Waals surface area contributed by atoms with E-state index in [4.69, 9.17) is 5.26 Å². The standard InChI is InChI=1S/C12H25N3O/c1-4-15(7-5-6-13)10-12(16)9-14-8-11(2)3/h11-12,14,16H,4-5,7-10H2,1-3H3. The summed E-state index contributed by atoms with van der Waals surface area (Å²) in [6.07, 6.45) is 0.178. The summed E-state index contributed by atoms with van der Waals surface area (Å²) in [6, 6.07) is 2.12. The first-order chi connectivity index (χ1) is 7.60. The van der Waals surface area contributed by atoms with Gasteiger partial charge in [0.05, 0.1) is 12.2 Å². The van der Waals surface area contributed by atoms with Gasteiger partial charge in [-0.15, -0.1) is 0 Å². The van der Waals surface area contributed by atoms with E-state index < -0.39 is 0 Å². The van der Waals surface area contributed by atoms with Crippen LogP contribution in [0.3, 0.4) is 0 Å². The molecule has 0 aliphatic heterocycles. The van der Waals surface area contributed by atoms with Crippen molar-refractivity contribution in [3.8, 4) is 6.07 Å². The zero-order chi connectivity index (χ0) is 12.4. The number of nitriles is 1. The van der Waals surface area contributed by atoms with Crippen LogP contribution < -0.4 is 5.32 Å². The highest BCUT2D eigenvalue weighted by atomic mass is 16.3. The summed E-state index contributed by atoms with van der Waals surface area (Å²) in [5.74, 6) is 0.605. The zero-order valence-electron chi connectivity index (χ0n) is 10.7. The van der Waals surface area contributed by atoms with Gasteiger partial charge in [-0.25, -0.2) is 0 Å². The predicted molar refractivity (Wildman–Crippen MR) is 66.1 cm³/mol. The molecule has 0 radical (unpaired) electrons. The Morgan fingerprint density at radius 1 is 1.38 bits per heavy atom. The zero-order valence-corrected chi connectivity index (χ0v) is 10.7. The molecule has 0 aromatic rings. The van der Waals surface area contributed by atoms with E-state index in [1.807, 2.05) is 6.92 Å². The van der Waals surface area contributed by atoms with Crippen LogP contribution in [0.2, 0.25) is 0 Å². The van der Waals surface area contributed by atoms with Crippen LogP contribution in [-0.2, 0) is 0 Å². The summed E-state index contributed by atoms with van der Waals surface area (Å²) >= 11 is 0. The average molecular weight is 227 g/mol. The lowest BCUT2D eigenvalue weighted by Gasteiger charge is -2.23. The minimum Gasteiger partial charge on any atom is -0.390 e. The number of aliphatic hydroxyl groups excluding tert-OH is 1. The fourth-order valence-electron chi connectivity index (χ4n) is 1.49. The summed E-state index contributed by atoms with van der Waals surface area (Å²) in [5, 5.41) is 21.5. The van der Waals surface area contributed by atoms with Gasteiger partial charge in [0.25, 0.3) is 0 Å². The van der Waals surface area contributed by atoms with Crippen LogP contribution in [0.25, 0.3) is 0 Å². The van der Waals surface area contributed by atoms with Gasteiger partial charge >= 0.3 is 0 Å². The number of rotatable bonds is 9. The number of hydrogen-bond donors (Lipinski definition) is 2. The summed E-state index contributed by atoms with van der Waals surface area (Å²) in [6.45, 7) is 10.2. The molecule has 4 heteroatoms. The maximum absolute atomic E-state index is 9.78. The minimum absolute atomic E-state index is 0.350.